The van der Waals surface area contributed by atoms with Gasteiger partial charge in [0.15, 0.2) is 0 Å². The summed E-state index contributed by atoms with van der Waals surface area (Å²) in [6, 6.07) is 10.2. The molecule has 22 heavy (non-hydrogen) atoms. The number of pyridine rings is 1. The lowest BCUT2D eigenvalue weighted by Crippen LogP contribution is -2.40. The molecule has 2 aromatic rings. The van der Waals surface area contributed by atoms with Crippen LogP contribution >= 0.6 is 0 Å². The Bertz CT molecular complexity index is 656. The van der Waals surface area contributed by atoms with E-state index in [1.54, 1.807) is 13.3 Å². The molecular formula is C18H22N2O2. The number of para-hydroxylation sites is 1. The van der Waals surface area contributed by atoms with Crippen LogP contribution < -0.4 is 5.32 Å². The largest absolute Gasteiger partial charge is 0.381 e. The second-order valence-electron chi connectivity index (χ2n) is 6.00. The Morgan fingerprint density at radius 1 is 1.36 bits per heavy atom. The monoisotopic (exact) mass is 298 g/mol. The van der Waals surface area contributed by atoms with Gasteiger partial charge in [-0.1, -0.05) is 18.2 Å². The predicted octanol–water partition coefficient (Wildman–Crippen LogP) is 2.85. The zero-order valence-electron chi connectivity index (χ0n) is 12.9. The van der Waals surface area contributed by atoms with Gasteiger partial charge in [-0.05, 0) is 43.4 Å². The number of amides is 1. The number of nitrogens with one attached hydrogen (secondary N) is 1. The first kappa shape index (κ1) is 15.0. The summed E-state index contributed by atoms with van der Waals surface area (Å²) in [5.74, 6) is 0.0684. The number of rotatable bonds is 4. The molecule has 0 bridgehead atoms. The average Bonchev–Trinajstić information content (AvgIpc) is 2.55. The molecule has 1 amide bonds. The molecule has 116 valence electrons. The Morgan fingerprint density at radius 2 is 2.23 bits per heavy atom. The van der Waals surface area contributed by atoms with Gasteiger partial charge in [-0.2, -0.15) is 0 Å². The van der Waals surface area contributed by atoms with Gasteiger partial charge in [-0.25, -0.2) is 0 Å². The van der Waals surface area contributed by atoms with Crippen molar-refractivity contribution in [3.8, 4) is 0 Å². The van der Waals surface area contributed by atoms with Gasteiger partial charge in [0.1, 0.15) is 0 Å². The third-order valence-electron chi connectivity index (χ3n) is 4.34. The molecule has 4 nitrogen and oxygen atoms in total. The number of carbonyl (C=O) groups is 1. The lowest BCUT2D eigenvalue weighted by atomic mass is 9.92. The van der Waals surface area contributed by atoms with Crippen molar-refractivity contribution in [2.75, 3.05) is 7.11 Å². The van der Waals surface area contributed by atoms with Crippen LogP contribution in [-0.4, -0.2) is 30.1 Å². The van der Waals surface area contributed by atoms with Crippen LogP contribution in [0.1, 0.15) is 31.2 Å². The maximum absolute atomic E-state index is 12.2. The number of hydrogen-bond acceptors (Lipinski definition) is 3. The number of benzene rings is 1. The van der Waals surface area contributed by atoms with E-state index >= 15 is 0 Å². The quantitative estimate of drug-likeness (QED) is 0.944. The standard InChI is InChI=1S/C18H22N2O2/c1-22-16-7-4-6-15(11-16)20-18(21)10-13-9-14-5-2-3-8-17(14)19-12-13/h2-3,5,8-9,12,15-16H,4,6-7,10-11H2,1H3,(H,20,21)/t15-,16+/m1/s1. The highest BCUT2D eigenvalue weighted by Gasteiger charge is 2.22. The lowest BCUT2D eigenvalue weighted by molar-refractivity contribution is -0.121. The minimum Gasteiger partial charge on any atom is -0.381 e. The predicted molar refractivity (Wildman–Crippen MR) is 86.6 cm³/mol. The van der Waals surface area contributed by atoms with Crippen LogP contribution in [0.3, 0.4) is 0 Å². The van der Waals surface area contributed by atoms with Crippen molar-refractivity contribution >= 4 is 16.8 Å². The van der Waals surface area contributed by atoms with E-state index in [1.165, 1.54) is 0 Å². The first-order valence-corrected chi connectivity index (χ1v) is 7.90. The van der Waals surface area contributed by atoms with Gasteiger partial charge in [0, 0.05) is 24.7 Å². The van der Waals surface area contributed by atoms with E-state index in [9.17, 15) is 4.79 Å². The summed E-state index contributed by atoms with van der Waals surface area (Å²) in [6.07, 6.45) is 6.62. The Labute approximate surface area is 130 Å². The molecule has 1 fully saturated rings. The highest BCUT2D eigenvalue weighted by Crippen LogP contribution is 2.21. The summed E-state index contributed by atoms with van der Waals surface area (Å²) in [5.41, 5.74) is 1.91. The van der Waals surface area contributed by atoms with E-state index in [0.717, 1.165) is 42.1 Å². The van der Waals surface area contributed by atoms with E-state index in [2.05, 4.69) is 10.3 Å². The van der Waals surface area contributed by atoms with Gasteiger partial charge in [-0.3, -0.25) is 9.78 Å². The SMILES string of the molecule is CO[C@H]1CCC[C@@H](NC(=O)Cc2cnc3ccccc3c2)C1. The normalized spacial score (nSPS) is 21.7. The van der Waals surface area contributed by atoms with Crippen LogP contribution in [0.4, 0.5) is 0 Å². The molecule has 0 saturated heterocycles. The van der Waals surface area contributed by atoms with E-state index in [-0.39, 0.29) is 18.1 Å². The smallest absolute Gasteiger partial charge is 0.224 e. The van der Waals surface area contributed by atoms with Gasteiger partial charge in [0.2, 0.25) is 5.91 Å². The van der Waals surface area contributed by atoms with Gasteiger partial charge >= 0.3 is 0 Å². The number of hydrogen-bond donors (Lipinski definition) is 1. The second kappa shape index (κ2) is 6.88. The molecule has 1 aliphatic rings. The molecule has 0 spiro atoms. The fraction of sp³-hybridized carbons (Fsp3) is 0.444. The third-order valence-corrected chi connectivity index (χ3v) is 4.34. The Kier molecular flexibility index (Phi) is 4.68. The molecule has 2 atom stereocenters. The van der Waals surface area contributed by atoms with E-state index in [0.29, 0.717) is 6.42 Å². The fourth-order valence-corrected chi connectivity index (χ4v) is 3.17. The zero-order valence-corrected chi connectivity index (χ0v) is 12.9. The van der Waals surface area contributed by atoms with Gasteiger partial charge in [0.05, 0.1) is 18.0 Å². The molecule has 1 N–H and O–H groups in total. The zero-order chi connectivity index (χ0) is 15.4. The maximum atomic E-state index is 12.2. The number of aromatic nitrogens is 1. The van der Waals surface area contributed by atoms with Crippen molar-refractivity contribution in [2.45, 2.75) is 44.2 Å². The maximum Gasteiger partial charge on any atom is 0.224 e. The topological polar surface area (TPSA) is 51.2 Å². The van der Waals surface area contributed by atoms with Crippen LogP contribution in [0, 0.1) is 0 Å². The van der Waals surface area contributed by atoms with E-state index < -0.39 is 0 Å². The first-order chi connectivity index (χ1) is 10.7. The summed E-state index contributed by atoms with van der Waals surface area (Å²) in [7, 11) is 1.75. The first-order valence-electron chi connectivity index (χ1n) is 7.90. The minimum absolute atomic E-state index is 0.0684. The molecule has 1 saturated carbocycles. The van der Waals surface area contributed by atoms with Crippen LogP contribution in [0.15, 0.2) is 36.5 Å². The molecule has 1 aromatic carbocycles. The minimum atomic E-state index is 0.0684. The van der Waals surface area contributed by atoms with Crippen LogP contribution in [0.25, 0.3) is 10.9 Å². The van der Waals surface area contributed by atoms with Crippen molar-refractivity contribution in [1.82, 2.24) is 10.3 Å². The molecule has 3 rings (SSSR count). The highest BCUT2D eigenvalue weighted by molar-refractivity contribution is 5.82. The molecule has 1 heterocycles. The molecule has 1 aromatic heterocycles. The highest BCUT2D eigenvalue weighted by atomic mass is 16.5. The van der Waals surface area contributed by atoms with Crippen LogP contribution in [0.5, 0.6) is 0 Å². The summed E-state index contributed by atoms with van der Waals surface area (Å²) in [5, 5.41) is 4.21. The second-order valence-corrected chi connectivity index (χ2v) is 6.00. The summed E-state index contributed by atoms with van der Waals surface area (Å²) < 4.78 is 5.41. The fourth-order valence-electron chi connectivity index (χ4n) is 3.17. The van der Waals surface area contributed by atoms with Gasteiger partial charge in [0.25, 0.3) is 0 Å². The Morgan fingerprint density at radius 3 is 3.09 bits per heavy atom. The van der Waals surface area contributed by atoms with Crippen molar-refractivity contribution < 1.29 is 9.53 Å². The number of methoxy groups -OCH3 is 1. The summed E-state index contributed by atoms with van der Waals surface area (Å²) >= 11 is 0. The average molecular weight is 298 g/mol. The molecule has 0 radical (unpaired) electrons. The van der Waals surface area contributed by atoms with Gasteiger partial charge in [-0.15, -0.1) is 0 Å². The molecule has 1 aliphatic carbocycles. The van der Waals surface area contributed by atoms with Crippen molar-refractivity contribution in [3.05, 3.63) is 42.1 Å². The Hall–Kier alpha value is -1.94. The van der Waals surface area contributed by atoms with E-state index in [1.807, 2.05) is 30.3 Å². The molecular weight excluding hydrogens is 276 g/mol. The van der Waals surface area contributed by atoms with Crippen molar-refractivity contribution in [2.24, 2.45) is 0 Å². The third kappa shape index (κ3) is 3.63. The summed E-state index contributed by atoms with van der Waals surface area (Å²) in [4.78, 5) is 16.6. The van der Waals surface area contributed by atoms with Crippen molar-refractivity contribution in [1.29, 1.82) is 0 Å². The number of ether oxygens (including phenoxy) is 1. The number of carbonyl (C=O) groups excluding carboxylic acids is 1. The number of fused-ring (bicyclic) bond motifs is 1. The Balaban J connectivity index is 1.60. The lowest BCUT2D eigenvalue weighted by Gasteiger charge is -2.28. The van der Waals surface area contributed by atoms with Gasteiger partial charge < -0.3 is 10.1 Å². The molecule has 0 unspecified atom stereocenters. The molecule has 4 heteroatoms. The van der Waals surface area contributed by atoms with Crippen molar-refractivity contribution in [3.63, 3.8) is 0 Å². The summed E-state index contributed by atoms with van der Waals surface area (Å²) in [6.45, 7) is 0. The van der Waals surface area contributed by atoms with Crippen LogP contribution in [0.2, 0.25) is 0 Å². The molecule has 0 aliphatic heterocycles. The number of nitrogens with zero attached hydrogens (tertiary/aromatic N) is 1. The van der Waals surface area contributed by atoms with Crippen LogP contribution in [-0.2, 0) is 16.0 Å². The van der Waals surface area contributed by atoms with E-state index in [4.69, 9.17) is 4.74 Å².